The fourth-order valence-corrected chi connectivity index (χ4v) is 2.15. The molecule has 0 saturated carbocycles. The molecule has 2 aromatic carbocycles. The Morgan fingerprint density at radius 1 is 0.958 bits per heavy atom. The number of para-hydroxylation sites is 1. The lowest BCUT2D eigenvalue weighted by molar-refractivity contribution is 0.250. The van der Waals surface area contributed by atoms with Gasteiger partial charge in [0, 0.05) is 5.69 Å². The fraction of sp³-hybridized carbons (Fsp3) is 0.105. The molecule has 1 heterocycles. The summed E-state index contributed by atoms with van der Waals surface area (Å²) in [6.45, 7) is 2.21. The van der Waals surface area contributed by atoms with Crippen LogP contribution in [0.2, 0.25) is 0 Å². The van der Waals surface area contributed by atoms with E-state index < -0.39 is 0 Å². The summed E-state index contributed by atoms with van der Waals surface area (Å²) in [5.74, 6) is 3.01. The van der Waals surface area contributed by atoms with Crippen LogP contribution in [0.5, 0.6) is 11.5 Å². The average Bonchev–Trinajstić information content (AvgIpc) is 3.01. The minimum atomic E-state index is -0.291. The van der Waals surface area contributed by atoms with Gasteiger partial charge in [-0.3, -0.25) is 0 Å². The van der Waals surface area contributed by atoms with E-state index in [-0.39, 0.29) is 6.03 Å². The molecule has 3 rings (SSSR count). The third kappa shape index (κ3) is 4.39. The normalized spacial score (nSPS) is 10.2. The maximum absolute atomic E-state index is 11.9. The van der Waals surface area contributed by atoms with E-state index in [1.54, 1.807) is 24.3 Å². The third-order valence-electron chi connectivity index (χ3n) is 3.31. The van der Waals surface area contributed by atoms with Crippen molar-refractivity contribution in [1.29, 1.82) is 0 Å². The molecular weight excluding hydrogens is 304 g/mol. The van der Waals surface area contributed by atoms with Crippen LogP contribution in [0.3, 0.4) is 0 Å². The standard InChI is InChI=1S/C19H18N2O3/c1-14-7-10-18(23-14)13-20-19(22)21-15-8-11-17(12-9-15)24-16-5-3-2-4-6-16/h2-12H,13H2,1H3,(H2,20,21,22). The average molecular weight is 322 g/mol. The highest BCUT2D eigenvalue weighted by Crippen LogP contribution is 2.22. The van der Waals surface area contributed by atoms with Crippen LogP contribution in [-0.2, 0) is 6.54 Å². The van der Waals surface area contributed by atoms with Crippen LogP contribution >= 0.6 is 0 Å². The summed E-state index contributed by atoms with van der Waals surface area (Å²) in [5.41, 5.74) is 0.684. The second kappa shape index (κ2) is 7.37. The minimum Gasteiger partial charge on any atom is -0.465 e. The summed E-state index contributed by atoms with van der Waals surface area (Å²) < 4.78 is 11.1. The zero-order valence-electron chi connectivity index (χ0n) is 13.3. The van der Waals surface area contributed by atoms with Crippen molar-refractivity contribution in [1.82, 2.24) is 5.32 Å². The Morgan fingerprint density at radius 2 is 1.67 bits per heavy atom. The molecule has 0 atom stereocenters. The van der Waals surface area contributed by atoms with Crippen molar-refractivity contribution < 1.29 is 13.9 Å². The van der Waals surface area contributed by atoms with Crippen LogP contribution in [-0.4, -0.2) is 6.03 Å². The highest BCUT2D eigenvalue weighted by Gasteiger charge is 2.04. The number of furan rings is 1. The molecule has 0 aliphatic carbocycles. The van der Waals surface area contributed by atoms with Gasteiger partial charge in [-0.2, -0.15) is 0 Å². The van der Waals surface area contributed by atoms with Crippen LogP contribution in [0.1, 0.15) is 11.5 Å². The van der Waals surface area contributed by atoms with Gasteiger partial charge in [0.05, 0.1) is 6.54 Å². The Labute approximate surface area is 140 Å². The van der Waals surface area contributed by atoms with E-state index in [2.05, 4.69) is 10.6 Å². The number of hydrogen-bond acceptors (Lipinski definition) is 3. The molecule has 5 nitrogen and oxygen atoms in total. The molecular formula is C19H18N2O3. The Hall–Kier alpha value is -3.21. The summed E-state index contributed by atoms with van der Waals surface area (Å²) in [7, 11) is 0. The number of anilines is 1. The van der Waals surface area contributed by atoms with E-state index in [0.29, 0.717) is 23.7 Å². The van der Waals surface area contributed by atoms with E-state index in [1.165, 1.54) is 0 Å². The molecule has 0 spiro atoms. The number of carbonyl (C=O) groups is 1. The molecule has 0 radical (unpaired) electrons. The van der Waals surface area contributed by atoms with E-state index >= 15 is 0 Å². The molecule has 5 heteroatoms. The lowest BCUT2D eigenvalue weighted by Gasteiger charge is -2.08. The summed E-state index contributed by atoms with van der Waals surface area (Å²) in [4.78, 5) is 11.9. The first-order valence-electron chi connectivity index (χ1n) is 7.62. The number of carbonyl (C=O) groups excluding carboxylic acids is 1. The maximum Gasteiger partial charge on any atom is 0.319 e. The van der Waals surface area contributed by atoms with Crippen molar-refractivity contribution in [2.75, 3.05) is 5.32 Å². The van der Waals surface area contributed by atoms with E-state index in [4.69, 9.17) is 9.15 Å². The smallest absolute Gasteiger partial charge is 0.319 e. The third-order valence-corrected chi connectivity index (χ3v) is 3.31. The molecule has 24 heavy (non-hydrogen) atoms. The first-order chi connectivity index (χ1) is 11.7. The van der Waals surface area contributed by atoms with Crippen molar-refractivity contribution >= 4 is 11.7 Å². The highest BCUT2D eigenvalue weighted by atomic mass is 16.5. The lowest BCUT2D eigenvalue weighted by Crippen LogP contribution is -2.27. The van der Waals surface area contributed by atoms with Gasteiger partial charge in [0.1, 0.15) is 23.0 Å². The molecule has 3 aromatic rings. The Balaban J connectivity index is 1.51. The quantitative estimate of drug-likeness (QED) is 0.715. The molecule has 0 bridgehead atoms. The van der Waals surface area contributed by atoms with Crippen LogP contribution in [0, 0.1) is 6.92 Å². The van der Waals surface area contributed by atoms with E-state index in [1.807, 2.05) is 49.4 Å². The summed E-state index contributed by atoms with van der Waals surface area (Å²) >= 11 is 0. The van der Waals surface area contributed by atoms with Gasteiger partial charge >= 0.3 is 6.03 Å². The number of nitrogens with one attached hydrogen (secondary N) is 2. The largest absolute Gasteiger partial charge is 0.465 e. The second-order valence-electron chi connectivity index (χ2n) is 5.26. The molecule has 0 aliphatic rings. The van der Waals surface area contributed by atoms with Crippen molar-refractivity contribution in [3.8, 4) is 11.5 Å². The topological polar surface area (TPSA) is 63.5 Å². The zero-order valence-corrected chi connectivity index (χ0v) is 13.3. The summed E-state index contributed by atoms with van der Waals surface area (Å²) in [6, 6.07) is 20.1. The fourth-order valence-electron chi connectivity index (χ4n) is 2.15. The number of aryl methyl sites for hydroxylation is 1. The van der Waals surface area contributed by atoms with Gasteiger partial charge in [0.2, 0.25) is 0 Å². The molecule has 122 valence electrons. The molecule has 1 aromatic heterocycles. The van der Waals surface area contributed by atoms with Gasteiger partial charge in [-0.1, -0.05) is 18.2 Å². The molecule has 0 aliphatic heterocycles. The maximum atomic E-state index is 11.9. The highest BCUT2D eigenvalue weighted by molar-refractivity contribution is 5.89. The van der Waals surface area contributed by atoms with Crippen LogP contribution in [0.25, 0.3) is 0 Å². The van der Waals surface area contributed by atoms with Gasteiger partial charge in [-0.25, -0.2) is 4.79 Å². The van der Waals surface area contributed by atoms with Crippen LogP contribution < -0.4 is 15.4 Å². The molecule has 2 N–H and O–H groups in total. The van der Waals surface area contributed by atoms with Crippen molar-refractivity contribution in [3.05, 3.63) is 78.3 Å². The van der Waals surface area contributed by atoms with Crippen LogP contribution in [0.15, 0.2) is 71.1 Å². The van der Waals surface area contributed by atoms with Gasteiger partial charge in [0.15, 0.2) is 0 Å². The zero-order chi connectivity index (χ0) is 16.8. The number of rotatable bonds is 5. The van der Waals surface area contributed by atoms with Crippen molar-refractivity contribution in [3.63, 3.8) is 0 Å². The molecule has 0 unspecified atom stereocenters. The lowest BCUT2D eigenvalue weighted by atomic mass is 10.3. The van der Waals surface area contributed by atoms with Gasteiger partial charge in [-0.05, 0) is 55.5 Å². The Bertz CT molecular complexity index is 795. The van der Waals surface area contributed by atoms with Crippen molar-refractivity contribution in [2.45, 2.75) is 13.5 Å². The molecule has 0 saturated heterocycles. The van der Waals surface area contributed by atoms with E-state index in [9.17, 15) is 4.79 Å². The second-order valence-corrected chi connectivity index (χ2v) is 5.26. The van der Waals surface area contributed by atoms with Gasteiger partial charge < -0.3 is 19.8 Å². The van der Waals surface area contributed by atoms with E-state index in [0.717, 1.165) is 11.5 Å². The predicted molar refractivity (Wildman–Crippen MR) is 92.3 cm³/mol. The van der Waals surface area contributed by atoms with Gasteiger partial charge in [0.25, 0.3) is 0 Å². The number of benzene rings is 2. The van der Waals surface area contributed by atoms with Gasteiger partial charge in [-0.15, -0.1) is 0 Å². The number of urea groups is 1. The number of hydrogen-bond donors (Lipinski definition) is 2. The monoisotopic (exact) mass is 322 g/mol. The number of amides is 2. The summed E-state index contributed by atoms with van der Waals surface area (Å²) in [6.07, 6.45) is 0. The minimum absolute atomic E-state index is 0.291. The first kappa shape index (κ1) is 15.7. The SMILES string of the molecule is Cc1ccc(CNC(=O)Nc2ccc(Oc3ccccc3)cc2)o1. The van der Waals surface area contributed by atoms with Crippen molar-refractivity contribution in [2.24, 2.45) is 0 Å². The molecule has 2 amide bonds. The first-order valence-corrected chi connectivity index (χ1v) is 7.62. The Kier molecular flexibility index (Phi) is 4.81. The summed E-state index contributed by atoms with van der Waals surface area (Å²) in [5, 5.41) is 5.50. The number of ether oxygens (including phenoxy) is 1. The van der Waals surface area contributed by atoms with Crippen LogP contribution in [0.4, 0.5) is 10.5 Å². The Morgan fingerprint density at radius 3 is 2.33 bits per heavy atom. The predicted octanol–water partition coefficient (Wildman–Crippen LogP) is 4.70. The molecule has 0 fully saturated rings.